The Hall–Kier alpha value is -1.36. The van der Waals surface area contributed by atoms with E-state index in [4.69, 9.17) is 0 Å². The van der Waals surface area contributed by atoms with Crippen LogP contribution in [0.25, 0.3) is 0 Å². The summed E-state index contributed by atoms with van der Waals surface area (Å²) in [5.41, 5.74) is 1.17. The van der Waals surface area contributed by atoms with E-state index in [0.29, 0.717) is 12.0 Å². The molecule has 5 heteroatoms. The average molecular weight is 278 g/mol. The van der Waals surface area contributed by atoms with Crippen LogP contribution in [0.3, 0.4) is 0 Å². The van der Waals surface area contributed by atoms with Gasteiger partial charge in [-0.2, -0.15) is 0 Å². The minimum absolute atomic E-state index is 0.256. The molecule has 0 amide bonds. The molecule has 5 nitrogen and oxygen atoms in total. The van der Waals surface area contributed by atoms with Gasteiger partial charge in [0.25, 0.3) is 0 Å². The highest BCUT2D eigenvalue weighted by Gasteiger charge is 2.27. The van der Waals surface area contributed by atoms with Gasteiger partial charge in [-0.15, -0.1) is 0 Å². The van der Waals surface area contributed by atoms with E-state index < -0.39 is 0 Å². The summed E-state index contributed by atoms with van der Waals surface area (Å²) in [5, 5.41) is 16.3. The highest BCUT2D eigenvalue weighted by atomic mass is 16.3. The van der Waals surface area contributed by atoms with Crippen LogP contribution in [-0.2, 0) is 6.42 Å². The Bertz CT molecular complexity index is 424. The first-order valence-corrected chi connectivity index (χ1v) is 7.75. The molecule has 0 aliphatic heterocycles. The van der Waals surface area contributed by atoms with Gasteiger partial charge in [0.15, 0.2) is 0 Å². The maximum atomic E-state index is 9.44. The third-order valence-electron chi connectivity index (χ3n) is 4.01. The Balaban J connectivity index is 2.19. The van der Waals surface area contributed by atoms with Crippen molar-refractivity contribution in [3.63, 3.8) is 0 Å². The summed E-state index contributed by atoms with van der Waals surface area (Å²) in [6.45, 7) is 5.35. The summed E-state index contributed by atoms with van der Waals surface area (Å²) >= 11 is 0. The molecule has 1 fully saturated rings. The van der Waals surface area contributed by atoms with Crippen molar-refractivity contribution in [2.45, 2.75) is 52.0 Å². The Morgan fingerprint density at radius 3 is 2.75 bits per heavy atom. The molecular formula is C15H26N4O. The molecule has 1 aromatic heterocycles. The number of anilines is 2. The molecule has 1 heterocycles. The number of aliphatic hydroxyl groups is 1. The minimum Gasteiger partial charge on any atom is -0.396 e. The first-order chi connectivity index (χ1) is 9.80. The smallest absolute Gasteiger partial charge is 0.134 e. The second-order valence-corrected chi connectivity index (χ2v) is 5.45. The van der Waals surface area contributed by atoms with Crippen LogP contribution in [0, 0.1) is 5.92 Å². The molecule has 1 aromatic rings. The molecule has 1 aliphatic carbocycles. The molecular weight excluding hydrogens is 252 g/mol. The summed E-state index contributed by atoms with van der Waals surface area (Å²) in [6.07, 6.45) is 7.02. The molecule has 0 bridgehead atoms. The summed E-state index contributed by atoms with van der Waals surface area (Å²) in [5.74, 6) is 2.22. The maximum Gasteiger partial charge on any atom is 0.134 e. The largest absolute Gasteiger partial charge is 0.396 e. The molecule has 112 valence electrons. The van der Waals surface area contributed by atoms with Gasteiger partial charge in [-0.05, 0) is 26.2 Å². The Kier molecular flexibility index (Phi) is 5.59. The zero-order valence-corrected chi connectivity index (χ0v) is 12.5. The molecule has 1 saturated carbocycles. The number of aliphatic hydroxyl groups excluding tert-OH is 1. The van der Waals surface area contributed by atoms with Gasteiger partial charge in [-0.25, -0.2) is 9.97 Å². The van der Waals surface area contributed by atoms with Crippen LogP contribution in [0.1, 0.15) is 45.1 Å². The predicted octanol–water partition coefficient (Wildman–Crippen LogP) is 2.43. The van der Waals surface area contributed by atoms with Crippen LogP contribution in [0.4, 0.5) is 11.6 Å². The molecule has 20 heavy (non-hydrogen) atoms. The predicted molar refractivity (Wildman–Crippen MR) is 82.0 cm³/mol. The first kappa shape index (κ1) is 15.0. The van der Waals surface area contributed by atoms with E-state index in [2.05, 4.69) is 34.4 Å². The lowest BCUT2D eigenvalue weighted by molar-refractivity contribution is 0.222. The van der Waals surface area contributed by atoms with Crippen molar-refractivity contribution in [1.82, 2.24) is 9.97 Å². The summed E-state index contributed by atoms with van der Waals surface area (Å²) in [7, 11) is 0. The van der Waals surface area contributed by atoms with Crippen molar-refractivity contribution in [1.29, 1.82) is 0 Å². The van der Waals surface area contributed by atoms with Crippen LogP contribution in [0.15, 0.2) is 6.33 Å². The van der Waals surface area contributed by atoms with Crippen molar-refractivity contribution in [2.75, 3.05) is 23.8 Å². The number of hydrogen-bond acceptors (Lipinski definition) is 5. The summed E-state index contributed by atoms with van der Waals surface area (Å²) in [4.78, 5) is 8.78. The van der Waals surface area contributed by atoms with Crippen molar-refractivity contribution in [3.05, 3.63) is 11.9 Å². The van der Waals surface area contributed by atoms with Crippen LogP contribution >= 0.6 is 0 Å². The van der Waals surface area contributed by atoms with E-state index in [1.165, 1.54) is 12.0 Å². The van der Waals surface area contributed by atoms with E-state index in [0.717, 1.165) is 43.9 Å². The lowest BCUT2D eigenvalue weighted by Crippen LogP contribution is -2.27. The highest BCUT2D eigenvalue weighted by molar-refractivity contribution is 5.58. The molecule has 1 aliphatic rings. The third-order valence-corrected chi connectivity index (χ3v) is 4.01. The van der Waals surface area contributed by atoms with E-state index in [1.807, 2.05) is 0 Å². The number of nitrogens with one attached hydrogen (secondary N) is 2. The van der Waals surface area contributed by atoms with Crippen molar-refractivity contribution < 1.29 is 5.11 Å². The van der Waals surface area contributed by atoms with Crippen molar-refractivity contribution in [2.24, 2.45) is 5.92 Å². The average Bonchev–Trinajstić information content (AvgIpc) is 2.90. The van der Waals surface area contributed by atoms with Crippen molar-refractivity contribution in [3.8, 4) is 0 Å². The van der Waals surface area contributed by atoms with Crippen LogP contribution in [-0.4, -0.2) is 34.3 Å². The third kappa shape index (κ3) is 3.39. The van der Waals surface area contributed by atoms with Crippen LogP contribution in [0.5, 0.6) is 0 Å². The van der Waals surface area contributed by atoms with E-state index >= 15 is 0 Å². The lowest BCUT2D eigenvalue weighted by Gasteiger charge is -2.22. The van der Waals surface area contributed by atoms with Gasteiger partial charge < -0.3 is 15.7 Å². The SMILES string of the molecule is CCCc1c(NCC)ncnc1NC1CCCC1CO. The second-order valence-electron chi connectivity index (χ2n) is 5.45. The zero-order chi connectivity index (χ0) is 14.4. The molecule has 0 spiro atoms. The van der Waals surface area contributed by atoms with E-state index in [1.54, 1.807) is 6.33 Å². The van der Waals surface area contributed by atoms with Gasteiger partial charge in [0.2, 0.25) is 0 Å². The van der Waals surface area contributed by atoms with Crippen LogP contribution < -0.4 is 10.6 Å². The van der Waals surface area contributed by atoms with Crippen molar-refractivity contribution >= 4 is 11.6 Å². The van der Waals surface area contributed by atoms with Gasteiger partial charge in [0.05, 0.1) is 0 Å². The Labute approximate surface area is 121 Å². The van der Waals surface area contributed by atoms with Gasteiger partial charge in [-0.1, -0.05) is 19.8 Å². The number of hydrogen-bond donors (Lipinski definition) is 3. The Morgan fingerprint density at radius 2 is 2.05 bits per heavy atom. The lowest BCUT2D eigenvalue weighted by atomic mass is 10.0. The Morgan fingerprint density at radius 1 is 1.25 bits per heavy atom. The molecule has 3 N–H and O–H groups in total. The fourth-order valence-electron chi connectivity index (χ4n) is 2.96. The van der Waals surface area contributed by atoms with E-state index in [-0.39, 0.29) is 6.61 Å². The number of rotatable bonds is 7. The zero-order valence-electron chi connectivity index (χ0n) is 12.5. The monoisotopic (exact) mass is 278 g/mol. The standard InChI is InChI=1S/C15H26N4O/c1-3-6-12-14(16-4-2)17-10-18-15(12)19-13-8-5-7-11(13)9-20/h10-11,13,20H,3-9H2,1-2H3,(H2,16,17,18,19). The second kappa shape index (κ2) is 7.43. The van der Waals surface area contributed by atoms with Crippen LogP contribution in [0.2, 0.25) is 0 Å². The van der Waals surface area contributed by atoms with Gasteiger partial charge in [0, 0.05) is 30.7 Å². The fraction of sp³-hybridized carbons (Fsp3) is 0.733. The van der Waals surface area contributed by atoms with Gasteiger partial charge >= 0.3 is 0 Å². The molecule has 0 saturated heterocycles. The molecule has 2 rings (SSSR count). The molecule has 0 radical (unpaired) electrons. The highest BCUT2D eigenvalue weighted by Crippen LogP contribution is 2.30. The maximum absolute atomic E-state index is 9.44. The first-order valence-electron chi connectivity index (χ1n) is 7.75. The minimum atomic E-state index is 0.256. The fourth-order valence-corrected chi connectivity index (χ4v) is 2.96. The van der Waals surface area contributed by atoms with Gasteiger partial charge in [0.1, 0.15) is 18.0 Å². The topological polar surface area (TPSA) is 70.1 Å². The molecule has 0 aromatic carbocycles. The van der Waals surface area contributed by atoms with Gasteiger partial charge in [-0.3, -0.25) is 0 Å². The number of nitrogens with zero attached hydrogens (tertiary/aromatic N) is 2. The summed E-state index contributed by atoms with van der Waals surface area (Å²) in [6, 6.07) is 0.333. The summed E-state index contributed by atoms with van der Waals surface area (Å²) < 4.78 is 0. The quantitative estimate of drug-likeness (QED) is 0.714. The molecule has 2 unspecified atom stereocenters. The normalized spacial score (nSPS) is 21.9. The van der Waals surface area contributed by atoms with E-state index in [9.17, 15) is 5.11 Å². The molecule has 2 atom stereocenters. The number of aromatic nitrogens is 2.